The fourth-order valence-electron chi connectivity index (χ4n) is 4.32. The quantitative estimate of drug-likeness (QED) is 0.605. The molecule has 1 heterocycles. The Labute approximate surface area is 166 Å². The van der Waals surface area contributed by atoms with Crippen LogP contribution in [0, 0.1) is 5.92 Å². The van der Waals surface area contributed by atoms with Crippen LogP contribution < -0.4 is 5.32 Å². The van der Waals surface area contributed by atoms with Crippen molar-refractivity contribution in [2.75, 3.05) is 6.54 Å². The first kappa shape index (κ1) is 18.7. The third-order valence-corrected chi connectivity index (χ3v) is 6.00. The lowest BCUT2D eigenvalue weighted by atomic mass is 9.89. The molecule has 2 aromatic carbocycles. The number of hydrogen-bond donors (Lipinski definition) is 2. The van der Waals surface area contributed by atoms with Gasteiger partial charge in [0.15, 0.2) is 0 Å². The minimum absolute atomic E-state index is 0.0360. The molecule has 0 spiro atoms. The van der Waals surface area contributed by atoms with Crippen molar-refractivity contribution in [3.8, 4) is 0 Å². The highest BCUT2D eigenvalue weighted by molar-refractivity contribution is 5.94. The summed E-state index contributed by atoms with van der Waals surface area (Å²) in [5, 5.41) is 3.12. The number of benzene rings is 2. The molecule has 2 N–H and O–H groups in total. The molecule has 0 bridgehead atoms. The SMILES string of the molecule is CCC(c1ccc(C(=O)NCC2CCCCC2)cc1)c1nc2ccccc2[nH]1. The van der Waals surface area contributed by atoms with Crippen LogP contribution in [-0.4, -0.2) is 22.4 Å². The molecule has 4 heteroatoms. The van der Waals surface area contributed by atoms with Gasteiger partial charge in [0.25, 0.3) is 5.91 Å². The van der Waals surface area contributed by atoms with Gasteiger partial charge in [0.1, 0.15) is 5.82 Å². The number of para-hydroxylation sites is 2. The average molecular weight is 376 g/mol. The maximum atomic E-state index is 12.5. The van der Waals surface area contributed by atoms with E-state index in [2.05, 4.69) is 35.4 Å². The van der Waals surface area contributed by atoms with Crippen molar-refractivity contribution < 1.29 is 4.79 Å². The van der Waals surface area contributed by atoms with Gasteiger partial charge in [-0.2, -0.15) is 0 Å². The summed E-state index contributed by atoms with van der Waals surface area (Å²) in [6.45, 7) is 2.97. The number of aromatic nitrogens is 2. The molecule has 1 amide bonds. The molecule has 0 saturated heterocycles. The third kappa shape index (κ3) is 4.11. The van der Waals surface area contributed by atoms with Crippen molar-refractivity contribution in [3.05, 3.63) is 65.5 Å². The molecule has 28 heavy (non-hydrogen) atoms. The molecule has 1 atom stereocenters. The monoisotopic (exact) mass is 375 g/mol. The minimum atomic E-state index is 0.0360. The van der Waals surface area contributed by atoms with Gasteiger partial charge in [-0.25, -0.2) is 4.98 Å². The van der Waals surface area contributed by atoms with Crippen molar-refractivity contribution in [2.24, 2.45) is 5.92 Å². The lowest BCUT2D eigenvalue weighted by Gasteiger charge is -2.21. The van der Waals surface area contributed by atoms with E-state index in [0.717, 1.165) is 35.4 Å². The Morgan fingerprint density at radius 1 is 1.11 bits per heavy atom. The number of nitrogens with one attached hydrogen (secondary N) is 2. The second-order valence-corrected chi connectivity index (χ2v) is 7.94. The normalized spacial score (nSPS) is 16.2. The number of H-pyrrole nitrogens is 1. The van der Waals surface area contributed by atoms with E-state index in [1.165, 1.54) is 37.7 Å². The molecule has 4 rings (SSSR count). The molecule has 3 aromatic rings. The molecule has 1 unspecified atom stereocenters. The third-order valence-electron chi connectivity index (χ3n) is 6.00. The maximum Gasteiger partial charge on any atom is 0.251 e. The van der Waals surface area contributed by atoms with Gasteiger partial charge in [0.05, 0.1) is 11.0 Å². The summed E-state index contributed by atoms with van der Waals surface area (Å²) in [6.07, 6.45) is 7.39. The summed E-state index contributed by atoms with van der Waals surface area (Å²) in [4.78, 5) is 20.7. The Morgan fingerprint density at radius 2 is 1.86 bits per heavy atom. The Bertz CT molecular complexity index is 889. The van der Waals surface area contributed by atoms with Crippen molar-refractivity contribution in [3.63, 3.8) is 0 Å². The van der Waals surface area contributed by atoms with Gasteiger partial charge in [-0.05, 0) is 55.0 Å². The minimum Gasteiger partial charge on any atom is -0.352 e. The molecule has 1 saturated carbocycles. The maximum absolute atomic E-state index is 12.5. The van der Waals surface area contributed by atoms with Crippen LogP contribution >= 0.6 is 0 Å². The number of nitrogens with zero attached hydrogens (tertiary/aromatic N) is 1. The molecule has 146 valence electrons. The number of rotatable bonds is 6. The highest BCUT2D eigenvalue weighted by Gasteiger charge is 2.18. The van der Waals surface area contributed by atoms with Gasteiger partial charge < -0.3 is 10.3 Å². The van der Waals surface area contributed by atoms with Gasteiger partial charge in [-0.15, -0.1) is 0 Å². The van der Waals surface area contributed by atoms with Gasteiger partial charge in [-0.1, -0.05) is 50.5 Å². The van der Waals surface area contributed by atoms with E-state index in [9.17, 15) is 4.79 Å². The standard InChI is InChI=1S/C24H29N3O/c1-2-20(23-26-21-10-6-7-11-22(21)27-23)18-12-14-19(15-13-18)24(28)25-16-17-8-4-3-5-9-17/h6-7,10-15,17,20H,2-5,8-9,16H2,1H3,(H,25,28)(H,26,27). The molecule has 1 fully saturated rings. The summed E-state index contributed by atoms with van der Waals surface area (Å²) in [6, 6.07) is 16.1. The van der Waals surface area contributed by atoms with Crippen LogP contribution in [0.25, 0.3) is 11.0 Å². The number of carbonyl (C=O) groups is 1. The van der Waals surface area contributed by atoms with Crippen LogP contribution in [0.15, 0.2) is 48.5 Å². The van der Waals surface area contributed by atoms with Crippen LogP contribution in [0.4, 0.5) is 0 Å². The zero-order valence-corrected chi connectivity index (χ0v) is 16.6. The van der Waals surface area contributed by atoms with Gasteiger partial charge in [-0.3, -0.25) is 4.79 Å². The van der Waals surface area contributed by atoms with E-state index < -0.39 is 0 Å². The van der Waals surface area contributed by atoms with Crippen LogP contribution in [0.2, 0.25) is 0 Å². The number of fused-ring (bicyclic) bond motifs is 1. The fourth-order valence-corrected chi connectivity index (χ4v) is 4.32. The van der Waals surface area contributed by atoms with Crippen molar-refractivity contribution >= 4 is 16.9 Å². The van der Waals surface area contributed by atoms with Gasteiger partial charge in [0, 0.05) is 18.0 Å². The Balaban J connectivity index is 1.44. The van der Waals surface area contributed by atoms with Gasteiger partial charge in [0.2, 0.25) is 0 Å². The molecule has 1 aliphatic carbocycles. The van der Waals surface area contributed by atoms with Crippen molar-refractivity contribution in [2.45, 2.75) is 51.4 Å². The molecular formula is C24H29N3O. The summed E-state index contributed by atoms with van der Waals surface area (Å²) in [5.41, 5.74) is 3.98. The highest BCUT2D eigenvalue weighted by atomic mass is 16.1. The summed E-state index contributed by atoms with van der Waals surface area (Å²) < 4.78 is 0. The molecular weight excluding hydrogens is 346 g/mol. The predicted molar refractivity (Wildman–Crippen MR) is 114 cm³/mol. The van der Waals surface area contributed by atoms with E-state index in [4.69, 9.17) is 4.98 Å². The lowest BCUT2D eigenvalue weighted by molar-refractivity contribution is 0.0943. The van der Waals surface area contributed by atoms with Crippen LogP contribution in [0.1, 0.15) is 73.1 Å². The zero-order valence-electron chi connectivity index (χ0n) is 16.6. The molecule has 1 aromatic heterocycles. The lowest BCUT2D eigenvalue weighted by Crippen LogP contribution is -2.30. The second kappa shape index (κ2) is 8.59. The zero-order chi connectivity index (χ0) is 19.3. The van der Waals surface area contributed by atoms with Crippen molar-refractivity contribution in [1.29, 1.82) is 0 Å². The highest BCUT2D eigenvalue weighted by Crippen LogP contribution is 2.28. The fraction of sp³-hybridized carbons (Fsp3) is 0.417. The van der Waals surface area contributed by atoms with E-state index >= 15 is 0 Å². The predicted octanol–water partition coefficient (Wildman–Crippen LogP) is 5.41. The van der Waals surface area contributed by atoms with Crippen LogP contribution in [0.5, 0.6) is 0 Å². The van der Waals surface area contributed by atoms with E-state index in [0.29, 0.717) is 5.92 Å². The first-order valence-corrected chi connectivity index (χ1v) is 10.6. The number of imidazole rings is 1. The summed E-state index contributed by atoms with van der Waals surface area (Å²) in [7, 11) is 0. The Kier molecular flexibility index (Phi) is 5.75. The van der Waals surface area contributed by atoms with Crippen molar-refractivity contribution in [1.82, 2.24) is 15.3 Å². The second-order valence-electron chi connectivity index (χ2n) is 7.94. The van der Waals surface area contributed by atoms with E-state index in [1.54, 1.807) is 0 Å². The largest absolute Gasteiger partial charge is 0.352 e. The van der Waals surface area contributed by atoms with E-state index in [1.807, 2.05) is 30.3 Å². The first-order valence-electron chi connectivity index (χ1n) is 10.6. The number of amides is 1. The Morgan fingerprint density at radius 3 is 2.57 bits per heavy atom. The average Bonchev–Trinajstić information content (AvgIpc) is 3.17. The number of aromatic amines is 1. The molecule has 1 aliphatic rings. The molecule has 0 radical (unpaired) electrons. The van der Waals surface area contributed by atoms with Gasteiger partial charge >= 0.3 is 0 Å². The van der Waals surface area contributed by atoms with Crippen LogP contribution in [-0.2, 0) is 0 Å². The Hall–Kier alpha value is -2.62. The topological polar surface area (TPSA) is 57.8 Å². The molecule has 4 nitrogen and oxygen atoms in total. The van der Waals surface area contributed by atoms with E-state index in [-0.39, 0.29) is 11.8 Å². The number of carbonyl (C=O) groups excluding carboxylic acids is 1. The van der Waals surface area contributed by atoms with Crippen LogP contribution in [0.3, 0.4) is 0 Å². The summed E-state index contributed by atoms with van der Waals surface area (Å²) in [5.74, 6) is 1.87. The smallest absolute Gasteiger partial charge is 0.251 e. The molecule has 0 aliphatic heterocycles. The summed E-state index contributed by atoms with van der Waals surface area (Å²) >= 11 is 0. The first-order chi connectivity index (χ1) is 13.7. The number of hydrogen-bond acceptors (Lipinski definition) is 2.